The summed E-state index contributed by atoms with van der Waals surface area (Å²) < 4.78 is 5.08. The van der Waals surface area contributed by atoms with E-state index in [1.165, 1.54) is 11.3 Å². The topological polar surface area (TPSA) is 110 Å². The van der Waals surface area contributed by atoms with Gasteiger partial charge in [-0.05, 0) is 19.4 Å². The van der Waals surface area contributed by atoms with Crippen molar-refractivity contribution in [1.29, 1.82) is 0 Å². The number of hydrogen-bond donors (Lipinski definition) is 3. The van der Waals surface area contributed by atoms with Crippen molar-refractivity contribution in [1.82, 2.24) is 15.5 Å². The van der Waals surface area contributed by atoms with Gasteiger partial charge in [-0.15, -0.1) is 16.4 Å². The fourth-order valence-electron chi connectivity index (χ4n) is 1.89. The first-order chi connectivity index (χ1) is 10.1. The van der Waals surface area contributed by atoms with Gasteiger partial charge in [-0.1, -0.05) is 0 Å². The van der Waals surface area contributed by atoms with Gasteiger partial charge in [0.05, 0.1) is 31.2 Å². The summed E-state index contributed by atoms with van der Waals surface area (Å²) in [7, 11) is 0. The molecule has 7 nitrogen and oxygen atoms in total. The maximum atomic E-state index is 12.1. The molecule has 0 aromatic carbocycles. The third kappa shape index (κ3) is 3.29. The van der Waals surface area contributed by atoms with E-state index in [-0.39, 0.29) is 19.1 Å². The number of aryl methyl sites for hydroxylation is 2. The number of nitrogen functional groups attached to an aromatic ring is 1. The number of aliphatic hydroxyl groups is 1. The second kappa shape index (κ2) is 6.79. The van der Waals surface area contributed by atoms with Crippen LogP contribution in [-0.4, -0.2) is 47.6 Å². The third-order valence-corrected chi connectivity index (χ3v) is 4.20. The molecule has 0 saturated heterocycles. The van der Waals surface area contributed by atoms with Crippen LogP contribution in [0.2, 0.25) is 0 Å². The smallest absolute Gasteiger partial charge is 0.263 e. The minimum atomic E-state index is -0.250. The number of anilines is 1. The van der Waals surface area contributed by atoms with E-state index < -0.39 is 0 Å². The molecule has 0 saturated carbocycles. The lowest BCUT2D eigenvalue weighted by atomic mass is 10.1. The van der Waals surface area contributed by atoms with E-state index >= 15 is 0 Å². The molecule has 0 atom stereocenters. The molecular weight excluding hydrogens is 292 g/mol. The van der Waals surface area contributed by atoms with Gasteiger partial charge < -0.3 is 20.9 Å². The second-order valence-corrected chi connectivity index (χ2v) is 5.53. The van der Waals surface area contributed by atoms with Crippen LogP contribution in [0.25, 0.3) is 10.2 Å². The number of aliphatic hydroxyl groups excluding tert-OH is 1. The Labute approximate surface area is 126 Å². The van der Waals surface area contributed by atoms with Crippen molar-refractivity contribution in [2.24, 2.45) is 0 Å². The van der Waals surface area contributed by atoms with Crippen LogP contribution in [0.5, 0.6) is 0 Å². The second-order valence-electron chi connectivity index (χ2n) is 4.53. The van der Waals surface area contributed by atoms with Crippen LogP contribution < -0.4 is 11.1 Å². The Morgan fingerprint density at radius 3 is 2.86 bits per heavy atom. The van der Waals surface area contributed by atoms with Gasteiger partial charge in [0, 0.05) is 11.9 Å². The molecule has 0 unspecified atom stereocenters. The number of amides is 1. The number of carbonyl (C=O) groups excluding carboxylic acids is 1. The van der Waals surface area contributed by atoms with Crippen LogP contribution in [0.15, 0.2) is 0 Å². The monoisotopic (exact) mass is 310 g/mol. The van der Waals surface area contributed by atoms with Gasteiger partial charge in [0.1, 0.15) is 9.71 Å². The number of fused-ring (bicyclic) bond motifs is 1. The number of nitrogens with zero attached hydrogens (tertiary/aromatic N) is 2. The van der Waals surface area contributed by atoms with Crippen molar-refractivity contribution in [2.45, 2.75) is 13.8 Å². The molecule has 0 aliphatic carbocycles. The first-order valence-electron chi connectivity index (χ1n) is 6.55. The first kappa shape index (κ1) is 15.6. The predicted molar refractivity (Wildman–Crippen MR) is 81.5 cm³/mol. The number of rotatable bonds is 6. The zero-order chi connectivity index (χ0) is 15.4. The van der Waals surface area contributed by atoms with Gasteiger partial charge in [0.25, 0.3) is 5.91 Å². The Balaban J connectivity index is 2.13. The van der Waals surface area contributed by atoms with E-state index in [9.17, 15) is 4.79 Å². The van der Waals surface area contributed by atoms with Gasteiger partial charge in [-0.2, -0.15) is 5.10 Å². The van der Waals surface area contributed by atoms with E-state index in [1.807, 2.05) is 13.8 Å². The molecule has 21 heavy (non-hydrogen) atoms. The summed E-state index contributed by atoms with van der Waals surface area (Å²) in [6.45, 7) is 4.70. The molecule has 0 bridgehead atoms. The van der Waals surface area contributed by atoms with E-state index in [0.29, 0.717) is 28.5 Å². The summed E-state index contributed by atoms with van der Waals surface area (Å²) in [6.07, 6.45) is 0. The molecule has 2 heterocycles. The maximum absolute atomic E-state index is 12.1. The fraction of sp³-hybridized carbons (Fsp3) is 0.462. The van der Waals surface area contributed by atoms with Crippen molar-refractivity contribution in [3.63, 3.8) is 0 Å². The number of thiophene rings is 1. The molecule has 2 rings (SSSR count). The first-order valence-corrected chi connectivity index (χ1v) is 7.36. The van der Waals surface area contributed by atoms with Crippen molar-refractivity contribution in [3.8, 4) is 0 Å². The highest BCUT2D eigenvalue weighted by atomic mass is 32.1. The number of ether oxygens (including phenoxy) is 1. The molecule has 0 spiro atoms. The van der Waals surface area contributed by atoms with E-state index in [4.69, 9.17) is 15.6 Å². The molecular formula is C13H18N4O3S. The van der Waals surface area contributed by atoms with Crippen LogP contribution in [0.1, 0.15) is 20.9 Å². The number of hydrogen-bond acceptors (Lipinski definition) is 7. The molecule has 0 fully saturated rings. The average Bonchev–Trinajstić information content (AvgIpc) is 2.80. The maximum Gasteiger partial charge on any atom is 0.263 e. The summed E-state index contributed by atoms with van der Waals surface area (Å²) in [5.41, 5.74) is 8.27. The van der Waals surface area contributed by atoms with Crippen molar-refractivity contribution >= 4 is 33.1 Å². The molecule has 0 radical (unpaired) electrons. The van der Waals surface area contributed by atoms with Gasteiger partial charge >= 0.3 is 0 Å². The Morgan fingerprint density at radius 1 is 1.38 bits per heavy atom. The summed E-state index contributed by atoms with van der Waals surface area (Å²) >= 11 is 1.23. The number of aromatic nitrogens is 2. The highest BCUT2D eigenvalue weighted by molar-refractivity contribution is 7.21. The van der Waals surface area contributed by atoms with Gasteiger partial charge in [-0.3, -0.25) is 4.79 Å². The average molecular weight is 310 g/mol. The predicted octanol–water partition coefficient (Wildman–Crippen LogP) is 0.629. The van der Waals surface area contributed by atoms with Crippen LogP contribution in [-0.2, 0) is 4.74 Å². The van der Waals surface area contributed by atoms with Gasteiger partial charge in [-0.25, -0.2) is 0 Å². The van der Waals surface area contributed by atoms with E-state index in [1.54, 1.807) is 0 Å². The normalized spacial score (nSPS) is 11.0. The highest BCUT2D eigenvalue weighted by Crippen LogP contribution is 2.34. The van der Waals surface area contributed by atoms with Crippen molar-refractivity contribution in [2.75, 3.05) is 32.1 Å². The molecule has 1 amide bonds. The minimum absolute atomic E-state index is 0.0332. The fourth-order valence-corrected chi connectivity index (χ4v) is 2.91. The molecule has 4 N–H and O–H groups in total. The quantitative estimate of drug-likeness (QED) is 0.675. The van der Waals surface area contributed by atoms with Crippen LogP contribution >= 0.6 is 11.3 Å². The number of carbonyl (C=O) groups is 1. The van der Waals surface area contributed by atoms with Gasteiger partial charge in [0.2, 0.25) is 0 Å². The van der Waals surface area contributed by atoms with E-state index in [2.05, 4.69) is 15.5 Å². The van der Waals surface area contributed by atoms with Crippen molar-refractivity contribution in [3.05, 3.63) is 16.1 Å². The SMILES string of the molecule is Cc1nnc2sc(C(=O)NCCOCCO)c(N)c2c1C. The van der Waals surface area contributed by atoms with Crippen LogP contribution in [0.4, 0.5) is 5.69 Å². The Bertz CT molecular complexity index is 656. The Kier molecular flexibility index (Phi) is 5.05. The number of nitrogens with one attached hydrogen (secondary N) is 1. The van der Waals surface area contributed by atoms with Crippen LogP contribution in [0.3, 0.4) is 0 Å². The Morgan fingerprint density at radius 2 is 2.14 bits per heavy atom. The van der Waals surface area contributed by atoms with Crippen LogP contribution in [0, 0.1) is 13.8 Å². The zero-order valence-electron chi connectivity index (χ0n) is 12.0. The molecule has 8 heteroatoms. The van der Waals surface area contributed by atoms with E-state index in [0.717, 1.165) is 16.6 Å². The summed E-state index contributed by atoms with van der Waals surface area (Å²) in [5, 5.41) is 20.2. The zero-order valence-corrected chi connectivity index (χ0v) is 12.8. The standard InChI is InChI=1S/C13H18N4O3S/c1-7-8(2)16-17-13-9(7)10(14)11(21-13)12(19)15-3-5-20-6-4-18/h18H,3-6,14H2,1-2H3,(H,15,19). The molecule has 0 aliphatic heterocycles. The highest BCUT2D eigenvalue weighted by Gasteiger charge is 2.19. The summed E-state index contributed by atoms with van der Waals surface area (Å²) in [4.78, 5) is 13.2. The minimum Gasteiger partial charge on any atom is -0.397 e. The van der Waals surface area contributed by atoms with Gasteiger partial charge in [0.15, 0.2) is 0 Å². The van der Waals surface area contributed by atoms with Crippen molar-refractivity contribution < 1.29 is 14.6 Å². The summed E-state index contributed by atoms with van der Waals surface area (Å²) in [5.74, 6) is -0.250. The third-order valence-electron chi connectivity index (χ3n) is 3.11. The lowest BCUT2D eigenvalue weighted by Gasteiger charge is -2.05. The lowest BCUT2D eigenvalue weighted by molar-refractivity contribution is 0.0841. The Hall–Kier alpha value is -1.77. The largest absolute Gasteiger partial charge is 0.397 e. The lowest BCUT2D eigenvalue weighted by Crippen LogP contribution is -2.27. The molecule has 2 aromatic heterocycles. The molecule has 2 aromatic rings. The molecule has 114 valence electrons. The molecule has 0 aliphatic rings. The number of nitrogens with two attached hydrogens (primary N) is 1. The summed E-state index contributed by atoms with van der Waals surface area (Å²) in [6, 6.07) is 0.